The summed E-state index contributed by atoms with van der Waals surface area (Å²) in [6, 6.07) is 67.4. The predicted octanol–water partition coefficient (Wildman–Crippen LogP) is 10.3. The molecule has 3 nitrogen and oxygen atoms in total. The zero-order valence-corrected chi connectivity index (χ0v) is 26.2. The molecule has 0 aliphatic heterocycles. The first kappa shape index (κ1) is 29.1. The fourth-order valence-electron chi connectivity index (χ4n) is 6.05. The summed E-state index contributed by atoms with van der Waals surface area (Å²) in [7, 11) is -3.52. The van der Waals surface area contributed by atoms with Crippen LogP contribution < -0.4 is 25.7 Å². The Kier molecular flexibility index (Phi) is 8.32. The molecule has 4 heteroatoms. The van der Waals surface area contributed by atoms with E-state index in [4.69, 9.17) is 0 Å². The van der Waals surface area contributed by atoms with Crippen molar-refractivity contribution in [2.45, 2.75) is 0 Å². The Morgan fingerprint density at radius 3 is 0.891 bits per heavy atom. The van der Waals surface area contributed by atoms with Crippen molar-refractivity contribution in [3.05, 3.63) is 200 Å². The van der Waals surface area contributed by atoms with Gasteiger partial charge in [-0.3, -0.25) is 0 Å². The molecule has 0 unspecified atom stereocenters. The van der Waals surface area contributed by atoms with Gasteiger partial charge in [0, 0.05) is 38.7 Å². The fraction of sp³-hybridized carbons (Fsp3) is 0. The molecule has 0 saturated carbocycles. The van der Waals surface area contributed by atoms with Gasteiger partial charge >= 0.3 is 0 Å². The minimum Gasteiger partial charge on any atom is -0.310 e. The zero-order chi connectivity index (χ0) is 31.2. The Morgan fingerprint density at radius 2 is 0.565 bits per heavy atom. The standard InChI is InChI=1S/C42H33N2OP/c45-46(38-28-14-5-15-29-38,41-32-18-16-30-39(41)43(34-20-6-1-7-21-34)35-22-8-2-9-23-35)42-33-19-17-31-40(42)44(36-24-10-3-11-25-36)37-26-12-4-13-27-37/h1-33H. The second-order valence-electron chi connectivity index (χ2n) is 10.9. The van der Waals surface area contributed by atoms with E-state index in [1.54, 1.807) is 0 Å². The van der Waals surface area contributed by atoms with Gasteiger partial charge in [-0.15, -0.1) is 0 Å². The first-order valence-electron chi connectivity index (χ1n) is 15.4. The van der Waals surface area contributed by atoms with Gasteiger partial charge in [-0.25, -0.2) is 0 Å². The van der Waals surface area contributed by atoms with Crippen molar-refractivity contribution in [2.75, 3.05) is 9.80 Å². The van der Waals surface area contributed by atoms with Gasteiger partial charge in [0.05, 0.1) is 11.4 Å². The van der Waals surface area contributed by atoms with Crippen LogP contribution in [0.4, 0.5) is 34.1 Å². The van der Waals surface area contributed by atoms with Crippen LogP contribution in [-0.2, 0) is 4.57 Å². The molecule has 0 saturated heterocycles. The first-order valence-corrected chi connectivity index (χ1v) is 17.1. The third-order valence-electron chi connectivity index (χ3n) is 8.10. The van der Waals surface area contributed by atoms with E-state index in [0.717, 1.165) is 50.0 Å². The van der Waals surface area contributed by atoms with Crippen molar-refractivity contribution in [2.24, 2.45) is 0 Å². The summed E-state index contributed by atoms with van der Waals surface area (Å²) in [5, 5.41) is 2.31. The largest absolute Gasteiger partial charge is 0.310 e. The van der Waals surface area contributed by atoms with Crippen molar-refractivity contribution in [1.82, 2.24) is 0 Å². The van der Waals surface area contributed by atoms with Gasteiger partial charge in [0.2, 0.25) is 0 Å². The molecule has 7 aromatic carbocycles. The number of benzene rings is 7. The van der Waals surface area contributed by atoms with Gasteiger partial charge in [-0.05, 0) is 72.8 Å². The van der Waals surface area contributed by atoms with Gasteiger partial charge in [0.25, 0.3) is 0 Å². The van der Waals surface area contributed by atoms with Crippen LogP contribution in [0.5, 0.6) is 0 Å². The van der Waals surface area contributed by atoms with Crippen molar-refractivity contribution in [3.63, 3.8) is 0 Å². The van der Waals surface area contributed by atoms with E-state index in [0.29, 0.717) is 0 Å². The molecule has 7 aromatic rings. The van der Waals surface area contributed by atoms with Crippen molar-refractivity contribution in [1.29, 1.82) is 0 Å². The van der Waals surface area contributed by atoms with Crippen molar-refractivity contribution < 1.29 is 4.57 Å². The summed E-state index contributed by atoms with van der Waals surface area (Å²) in [5.41, 5.74) is 5.70. The molecule has 7 rings (SSSR count). The summed E-state index contributed by atoms with van der Waals surface area (Å²) in [4.78, 5) is 4.42. The molecule has 0 amide bonds. The van der Waals surface area contributed by atoms with Gasteiger partial charge in [0.15, 0.2) is 7.14 Å². The van der Waals surface area contributed by atoms with Crippen LogP contribution >= 0.6 is 7.14 Å². The molecular formula is C42H33N2OP. The molecule has 0 spiro atoms. The van der Waals surface area contributed by atoms with Gasteiger partial charge in [-0.2, -0.15) is 0 Å². The summed E-state index contributed by atoms with van der Waals surface area (Å²) < 4.78 is 16.5. The highest BCUT2D eigenvalue weighted by Crippen LogP contribution is 2.50. The summed E-state index contributed by atoms with van der Waals surface area (Å²) in [5.74, 6) is 0. The molecular weight excluding hydrogens is 579 g/mol. The van der Waals surface area contributed by atoms with E-state index in [2.05, 4.69) is 70.5 Å². The van der Waals surface area contributed by atoms with E-state index in [-0.39, 0.29) is 0 Å². The molecule has 222 valence electrons. The van der Waals surface area contributed by atoms with Gasteiger partial charge < -0.3 is 14.4 Å². The zero-order valence-electron chi connectivity index (χ0n) is 25.3. The van der Waals surface area contributed by atoms with Crippen LogP contribution in [0.2, 0.25) is 0 Å². The topological polar surface area (TPSA) is 23.6 Å². The van der Waals surface area contributed by atoms with Crippen LogP contribution in [-0.4, -0.2) is 0 Å². The number of para-hydroxylation sites is 6. The SMILES string of the molecule is O=P(c1ccccc1)(c1ccccc1N(c1ccccc1)c1ccccc1)c1ccccc1N(c1ccccc1)c1ccccc1. The Balaban J connectivity index is 1.53. The Labute approximate surface area is 271 Å². The average Bonchev–Trinajstić information content (AvgIpc) is 3.14. The lowest BCUT2D eigenvalue weighted by Gasteiger charge is -2.33. The summed E-state index contributed by atoms with van der Waals surface area (Å²) >= 11 is 0. The molecule has 0 aliphatic rings. The highest BCUT2D eigenvalue weighted by atomic mass is 31.2. The highest BCUT2D eigenvalue weighted by molar-refractivity contribution is 7.85. The molecule has 0 atom stereocenters. The maximum atomic E-state index is 16.5. The number of hydrogen-bond acceptors (Lipinski definition) is 3. The Hall–Kier alpha value is -5.63. The van der Waals surface area contributed by atoms with Crippen LogP contribution in [0.1, 0.15) is 0 Å². The van der Waals surface area contributed by atoms with Crippen LogP contribution in [0, 0.1) is 0 Å². The van der Waals surface area contributed by atoms with E-state index in [9.17, 15) is 0 Å². The minimum atomic E-state index is -3.52. The van der Waals surface area contributed by atoms with Gasteiger partial charge in [-0.1, -0.05) is 127 Å². The molecule has 0 heterocycles. The lowest BCUT2D eigenvalue weighted by molar-refractivity contribution is 0.592. The second-order valence-corrected chi connectivity index (χ2v) is 13.6. The first-order chi connectivity index (χ1) is 22.7. The van der Waals surface area contributed by atoms with Crippen molar-refractivity contribution in [3.8, 4) is 0 Å². The Bertz CT molecular complexity index is 1860. The second kappa shape index (κ2) is 13.2. The van der Waals surface area contributed by atoms with Crippen molar-refractivity contribution >= 4 is 57.2 Å². The average molecular weight is 613 g/mol. The summed E-state index contributed by atoms with van der Waals surface area (Å²) in [6.45, 7) is 0. The van der Waals surface area contributed by atoms with Crippen LogP contribution in [0.15, 0.2) is 200 Å². The molecule has 0 N–H and O–H groups in total. The van der Waals surface area contributed by atoms with E-state index in [1.807, 2.05) is 140 Å². The normalized spacial score (nSPS) is 11.1. The number of nitrogens with zero attached hydrogens (tertiary/aromatic N) is 2. The van der Waals surface area contributed by atoms with E-state index >= 15 is 4.57 Å². The highest BCUT2D eigenvalue weighted by Gasteiger charge is 2.37. The molecule has 46 heavy (non-hydrogen) atoms. The molecule has 0 radical (unpaired) electrons. The summed E-state index contributed by atoms with van der Waals surface area (Å²) in [6.07, 6.45) is 0. The minimum absolute atomic E-state index is 0.766. The number of rotatable bonds is 9. The molecule has 0 aliphatic carbocycles. The third kappa shape index (κ3) is 5.54. The number of hydrogen-bond donors (Lipinski definition) is 0. The monoisotopic (exact) mass is 612 g/mol. The Morgan fingerprint density at radius 1 is 0.304 bits per heavy atom. The fourth-order valence-corrected chi connectivity index (χ4v) is 9.04. The van der Waals surface area contributed by atoms with E-state index < -0.39 is 7.14 Å². The lowest BCUT2D eigenvalue weighted by atomic mass is 10.2. The quantitative estimate of drug-likeness (QED) is 0.152. The lowest BCUT2D eigenvalue weighted by Crippen LogP contribution is -2.31. The maximum absolute atomic E-state index is 16.5. The van der Waals surface area contributed by atoms with Gasteiger partial charge in [0.1, 0.15) is 0 Å². The van der Waals surface area contributed by atoms with Crippen LogP contribution in [0.25, 0.3) is 0 Å². The molecule has 0 bridgehead atoms. The predicted molar refractivity (Wildman–Crippen MR) is 195 cm³/mol. The van der Waals surface area contributed by atoms with Crippen LogP contribution in [0.3, 0.4) is 0 Å². The molecule has 0 fully saturated rings. The third-order valence-corrected chi connectivity index (χ3v) is 11.2. The maximum Gasteiger partial charge on any atom is 0.175 e. The van der Waals surface area contributed by atoms with E-state index in [1.165, 1.54) is 0 Å². The molecule has 0 aromatic heterocycles. The smallest absolute Gasteiger partial charge is 0.175 e. The number of anilines is 6.